The number of aromatic nitrogens is 1. The Labute approximate surface area is 163 Å². The number of carbonyl (C=O) groups excluding carboxylic acids is 1. The number of ether oxygens (including phenoxy) is 2. The van der Waals surface area contributed by atoms with Gasteiger partial charge in [-0.1, -0.05) is 6.42 Å². The van der Waals surface area contributed by atoms with E-state index in [1.807, 2.05) is 17.5 Å². The number of amides is 1. The maximum atomic E-state index is 12.2. The molecule has 1 aliphatic rings. The largest absolute Gasteiger partial charge is 0.497 e. The molecule has 0 unspecified atom stereocenters. The number of nitrogens with one attached hydrogen (secondary N) is 1. The van der Waals surface area contributed by atoms with Crippen molar-refractivity contribution in [3.8, 4) is 11.5 Å². The number of nitrogens with zero attached hydrogens (tertiary/aromatic N) is 2. The molecule has 2 aromatic rings. The summed E-state index contributed by atoms with van der Waals surface area (Å²) in [5.41, 5.74) is 1.82. The van der Waals surface area contributed by atoms with Crippen molar-refractivity contribution in [1.82, 2.24) is 9.88 Å². The van der Waals surface area contributed by atoms with Gasteiger partial charge in [0.05, 0.1) is 19.9 Å². The molecule has 1 aromatic carbocycles. The van der Waals surface area contributed by atoms with E-state index in [4.69, 9.17) is 9.47 Å². The Hall–Kier alpha value is -2.38. The highest BCUT2D eigenvalue weighted by atomic mass is 32.1. The smallest absolute Gasteiger partial charge is 0.250 e. The molecule has 27 heavy (non-hydrogen) atoms. The topological polar surface area (TPSA) is 63.7 Å². The summed E-state index contributed by atoms with van der Waals surface area (Å²) in [7, 11) is 3.19. The van der Waals surface area contributed by atoms with E-state index in [2.05, 4.69) is 15.2 Å². The molecular formula is C20H25N3O3S. The van der Waals surface area contributed by atoms with Crippen LogP contribution in [0.25, 0.3) is 6.08 Å². The lowest BCUT2D eigenvalue weighted by atomic mass is 10.1. The molecule has 1 N–H and O–H groups in total. The van der Waals surface area contributed by atoms with Crippen LogP contribution in [0.15, 0.2) is 29.7 Å². The molecule has 1 saturated heterocycles. The summed E-state index contributed by atoms with van der Waals surface area (Å²) in [6, 6.07) is 5.46. The van der Waals surface area contributed by atoms with Gasteiger partial charge in [0.2, 0.25) is 5.91 Å². The van der Waals surface area contributed by atoms with Crippen molar-refractivity contribution in [3.05, 3.63) is 40.9 Å². The van der Waals surface area contributed by atoms with E-state index in [1.54, 1.807) is 26.4 Å². The molecule has 0 spiro atoms. The Kier molecular flexibility index (Phi) is 6.84. The van der Waals surface area contributed by atoms with E-state index in [0.717, 1.165) is 30.9 Å². The van der Waals surface area contributed by atoms with Crippen LogP contribution in [0.3, 0.4) is 0 Å². The van der Waals surface area contributed by atoms with Crippen molar-refractivity contribution in [1.29, 1.82) is 0 Å². The Morgan fingerprint density at radius 3 is 2.81 bits per heavy atom. The van der Waals surface area contributed by atoms with Gasteiger partial charge in [-0.25, -0.2) is 4.98 Å². The van der Waals surface area contributed by atoms with Crippen LogP contribution in [0.1, 0.15) is 30.5 Å². The first kappa shape index (κ1) is 19.4. The summed E-state index contributed by atoms with van der Waals surface area (Å²) in [5.74, 6) is 1.14. The number of carbonyl (C=O) groups is 1. The van der Waals surface area contributed by atoms with E-state index in [-0.39, 0.29) is 5.91 Å². The summed E-state index contributed by atoms with van der Waals surface area (Å²) in [5, 5.41) is 5.47. The fourth-order valence-corrected chi connectivity index (χ4v) is 3.76. The van der Waals surface area contributed by atoms with E-state index in [9.17, 15) is 4.79 Å². The van der Waals surface area contributed by atoms with Crippen molar-refractivity contribution in [2.75, 3.05) is 32.6 Å². The van der Waals surface area contributed by atoms with E-state index >= 15 is 0 Å². The van der Waals surface area contributed by atoms with Crippen LogP contribution in [-0.2, 0) is 11.3 Å². The van der Waals surface area contributed by atoms with Crippen molar-refractivity contribution in [2.24, 2.45) is 0 Å². The van der Waals surface area contributed by atoms with Gasteiger partial charge in [0.1, 0.15) is 11.5 Å². The molecule has 3 rings (SSSR count). The predicted molar refractivity (Wildman–Crippen MR) is 108 cm³/mol. The molecule has 6 nitrogen and oxygen atoms in total. The van der Waals surface area contributed by atoms with Crippen molar-refractivity contribution < 1.29 is 14.3 Å². The minimum Gasteiger partial charge on any atom is -0.497 e. The summed E-state index contributed by atoms with van der Waals surface area (Å²) in [6.07, 6.45) is 7.03. The highest BCUT2D eigenvalue weighted by Crippen LogP contribution is 2.25. The van der Waals surface area contributed by atoms with Crippen LogP contribution in [0.5, 0.6) is 11.5 Å². The van der Waals surface area contributed by atoms with Gasteiger partial charge >= 0.3 is 0 Å². The third kappa shape index (κ3) is 5.55. The Balaban J connectivity index is 1.57. The standard InChI is InChI=1S/C20H25N3O3S/c1-25-17-8-6-15(18(12-17)26-2)7-9-19(24)22-20-21-16(14-27-20)13-23-10-4-3-5-11-23/h6-9,12,14H,3-5,10-11,13H2,1-2H3,(H,21,22,24). The van der Waals surface area contributed by atoms with Crippen LogP contribution < -0.4 is 14.8 Å². The zero-order valence-corrected chi connectivity index (χ0v) is 16.6. The second kappa shape index (κ2) is 9.53. The zero-order valence-electron chi connectivity index (χ0n) is 15.7. The lowest BCUT2D eigenvalue weighted by Gasteiger charge is -2.25. The fraction of sp³-hybridized carbons (Fsp3) is 0.400. The fourth-order valence-electron chi connectivity index (χ4n) is 3.05. The zero-order chi connectivity index (χ0) is 19.1. The van der Waals surface area contributed by atoms with Crippen molar-refractivity contribution in [3.63, 3.8) is 0 Å². The number of methoxy groups -OCH3 is 2. The Morgan fingerprint density at radius 2 is 2.07 bits per heavy atom. The molecule has 1 fully saturated rings. The van der Waals surface area contributed by atoms with Gasteiger partial charge in [-0.3, -0.25) is 15.0 Å². The lowest BCUT2D eigenvalue weighted by molar-refractivity contribution is -0.111. The number of benzene rings is 1. The number of thiazole rings is 1. The van der Waals surface area contributed by atoms with Crippen LogP contribution in [0.4, 0.5) is 5.13 Å². The van der Waals surface area contributed by atoms with Crippen LogP contribution in [0, 0.1) is 0 Å². The van der Waals surface area contributed by atoms with Crippen LogP contribution >= 0.6 is 11.3 Å². The molecule has 0 aliphatic carbocycles. The Morgan fingerprint density at radius 1 is 1.26 bits per heavy atom. The minimum atomic E-state index is -0.216. The summed E-state index contributed by atoms with van der Waals surface area (Å²) < 4.78 is 10.5. The first-order chi connectivity index (χ1) is 13.2. The average molecular weight is 388 g/mol. The number of rotatable bonds is 7. The maximum Gasteiger partial charge on any atom is 0.250 e. The maximum absolute atomic E-state index is 12.2. The number of anilines is 1. The predicted octanol–water partition coefficient (Wildman–Crippen LogP) is 3.80. The van der Waals surface area contributed by atoms with Crippen LogP contribution in [0.2, 0.25) is 0 Å². The lowest BCUT2D eigenvalue weighted by Crippen LogP contribution is -2.29. The molecule has 1 amide bonds. The van der Waals surface area contributed by atoms with E-state index < -0.39 is 0 Å². The molecular weight excluding hydrogens is 362 g/mol. The van der Waals surface area contributed by atoms with E-state index in [1.165, 1.54) is 36.7 Å². The van der Waals surface area contributed by atoms with Gasteiger partial charge in [-0.15, -0.1) is 11.3 Å². The van der Waals surface area contributed by atoms with E-state index in [0.29, 0.717) is 16.6 Å². The number of piperidine rings is 1. The quantitative estimate of drug-likeness (QED) is 0.732. The minimum absolute atomic E-state index is 0.216. The molecule has 1 aliphatic heterocycles. The Bertz CT molecular complexity index is 798. The first-order valence-electron chi connectivity index (χ1n) is 9.06. The number of likely N-dealkylation sites (tertiary alicyclic amines) is 1. The normalized spacial score (nSPS) is 15.0. The highest BCUT2D eigenvalue weighted by Gasteiger charge is 2.13. The summed E-state index contributed by atoms with van der Waals surface area (Å²) >= 11 is 1.46. The number of hydrogen-bond acceptors (Lipinski definition) is 6. The van der Waals surface area contributed by atoms with Gasteiger partial charge in [0.25, 0.3) is 0 Å². The van der Waals surface area contributed by atoms with Gasteiger partial charge in [0.15, 0.2) is 5.13 Å². The molecule has 0 bridgehead atoms. The molecule has 0 atom stereocenters. The van der Waals surface area contributed by atoms with Gasteiger partial charge in [-0.05, 0) is 44.1 Å². The molecule has 0 saturated carbocycles. The number of hydrogen-bond donors (Lipinski definition) is 1. The first-order valence-corrected chi connectivity index (χ1v) is 9.94. The third-order valence-corrected chi connectivity index (χ3v) is 5.28. The molecule has 144 valence electrons. The van der Waals surface area contributed by atoms with Gasteiger partial charge in [0, 0.05) is 29.6 Å². The SMILES string of the molecule is COc1ccc(C=CC(=O)Nc2nc(CN3CCCCC3)cs2)c(OC)c1. The highest BCUT2D eigenvalue weighted by molar-refractivity contribution is 7.13. The average Bonchev–Trinajstić information content (AvgIpc) is 3.13. The van der Waals surface area contributed by atoms with Crippen LogP contribution in [-0.4, -0.2) is 43.1 Å². The van der Waals surface area contributed by atoms with Crippen molar-refractivity contribution in [2.45, 2.75) is 25.8 Å². The van der Waals surface area contributed by atoms with Crippen molar-refractivity contribution >= 4 is 28.5 Å². The monoisotopic (exact) mass is 387 g/mol. The van der Waals surface area contributed by atoms with Gasteiger partial charge in [-0.2, -0.15) is 0 Å². The summed E-state index contributed by atoms with van der Waals surface area (Å²) in [4.78, 5) is 19.1. The molecule has 7 heteroatoms. The van der Waals surface area contributed by atoms with Gasteiger partial charge < -0.3 is 9.47 Å². The second-order valence-corrected chi connectivity index (χ2v) is 7.27. The third-order valence-electron chi connectivity index (χ3n) is 4.47. The molecule has 2 heterocycles. The molecule has 0 radical (unpaired) electrons. The summed E-state index contributed by atoms with van der Waals surface area (Å²) in [6.45, 7) is 3.11. The second-order valence-electron chi connectivity index (χ2n) is 6.41. The molecule has 1 aromatic heterocycles.